The molecule has 0 aromatic heterocycles. The van der Waals surface area contributed by atoms with Crippen LogP contribution in [0.1, 0.15) is 67.5 Å². The van der Waals surface area contributed by atoms with Gasteiger partial charge in [-0.15, -0.1) is 0 Å². The molecule has 3 N–H and O–H groups in total. The SMILES string of the molecule is COc1ccc(C(C)(C)c2ccc(Oc3ccc(S(=O)(=O)c4ccc(Oc5ccc(C(C)(C)c6ccc(Oc7ccc(S(=O)(=O)c8ccc(C)cc8)cc7)c(CNCCCN)c6)cc5)cc4)cc3)cc2)cc1. The summed E-state index contributed by atoms with van der Waals surface area (Å²) >= 11 is 0. The maximum atomic E-state index is 13.7. The summed E-state index contributed by atoms with van der Waals surface area (Å²) in [6.45, 7) is 12.4. The van der Waals surface area contributed by atoms with Gasteiger partial charge in [-0.25, -0.2) is 16.8 Å². The first-order chi connectivity index (χ1) is 34.5. The molecule has 0 aliphatic carbocycles. The number of nitrogens with one attached hydrogen (secondary N) is 1. The molecule has 0 fully saturated rings. The standard InChI is InChI=1S/C60H60N2O8S2/c1-42-8-29-54(30-9-42)71(63,64)57-35-27-53(28-36-57)70-58-37-16-47(40-43(58)41-62-39-7-38-61)60(4,5)46-14-21-50(22-15-46)69-52-25-33-56(34-26-52)72(65,66)55-31-23-51(24-32-55)68-49-19-12-45(13-20-49)59(2,3)44-10-17-48(67-6)18-11-44/h8-37,40,62H,7,38-39,41,61H2,1-6H3. The fourth-order valence-electron chi connectivity index (χ4n) is 8.33. The second-order valence-corrected chi connectivity index (χ2v) is 22.6. The molecule has 0 heterocycles. The molecule has 0 aliphatic heterocycles. The quantitative estimate of drug-likeness (QED) is 0.0708. The summed E-state index contributed by atoms with van der Waals surface area (Å²) in [7, 11) is -5.84. The Morgan fingerprint density at radius 2 is 0.778 bits per heavy atom. The molecular weight excluding hydrogens is 941 g/mol. The zero-order valence-electron chi connectivity index (χ0n) is 41.4. The van der Waals surface area contributed by atoms with E-state index in [1.54, 1.807) is 104 Å². The van der Waals surface area contributed by atoms with Crippen LogP contribution in [-0.2, 0) is 37.0 Å². The lowest BCUT2D eigenvalue weighted by Gasteiger charge is -2.27. The Morgan fingerprint density at radius 3 is 1.17 bits per heavy atom. The van der Waals surface area contributed by atoms with Crippen LogP contribution in [-0.4, -0.2) is 37.0 Å². The number of nitrogens with two attached hydrogens (primary N) is 1. The van der Waals surface area contributed by atoms with Gasteiger partial charge in [-0.2, -0.15) is 0 Å². The van der Waals surface area contributed by atoms with E-state index in [2.05, 4.69) is 51.2 Å². The number of methoxy groups -OCH3 is 1. The van der Waals surface area contributed by atoms with Crippen molar-refractivity contribution in [1.82, 2.24) is 5.32 Å². The molecule has 8 aromatic carbocycles. The summed E-state index contributed by atoms with van der Waals surface area (Å²) in [4.78, 5) is 0.720. The zero-order chi connectivity index (χ0) is 51.1. The fraction of sp³-hybridized carbons (Fsp3) is 0.200. The smallest absolute Gasteiger partial charge is 0.206 e. The topological polar surface area (TPSA) is 143 Å². The maximum Gasteiger partial charge on any atom is 0.206 e. The molecule has 8 rings (SSSR count). The number of ether oxygens (including phenoxy) is 4. The third kappa shape index (κ3) is 11.6. The van der Waals surface area contributed by atoms with E-state index in [0.29, 0.717) is 47.6 Å². The van der Waals surface area contributed by atoms with Crippen molar-refractivity contribution in [3.8, 4) is 40.2 Å². The van der Waals surface area contributed by atoms with E-state index in [4.69, 9.17) is 24.7 Å². The Kier molecular flexibility index (Phi) is 15.4. The van der Waals surface area contributed by atoms with Crippen LogP contribution in [0.4, 0.5) is 0 Å². The number of sulfone groups is 2. The van der Waals surface area contributed by atoms with Gasteiger partial charge in [0.05, 0.1) is 26.7 Å². The van der Waals surface area contributed by atoms with Crippen molar-refractivity contribution in [3.05, 3.63) is 221 Å². The van der Waals surface area contributed by atoms with E-state index < -0.39 is 25.1 Å². The molecular formula is C60H60N2O8S2. The molecule has 0 unspecified atom stereocenters. The van der Waals surface area contributed by atoms with Crippen molar-refractivity contribution in [2.24, 2.45) is 5.73 Å². The van der Waals surface area contributed by atoms with Crippen LogP contribution in [0.2, 0.25) is 0 Å². The van der Waals surface area contributed by atoms with Gasteiger partial charge in [0, 0.05) is 22.9 Å². The minimum absolute atomic E-state index is 0.142. The van der Waals surface area contributed by atoms with Gasteiger partial charge in [-0.3, -0.25) is 0 Å². The second-order valence-electron chi connectivity index (χ2n) is 18.7. The molecule has 0 aliphatic rings. The molecule has 72 heavy (non-hydrogen) atoms. The van der Waals surface area contributed by atoms with Gasteiger partial charge in [-0.05, 0) is 182 Å². The molecule has 12 heteroatoms. The van der Waals surface area contributed by atoms with Gasteiger partial charge in [0.1, 0.15) is 40.2 Å². The first-order valence-corrected chi connectivity index (χ1v) is 26.7. The third-order valence-corrected chi connectivity index (χ3v) is 16.6. The van der Waals surface area contributed by atoms with E-state index in [9.17, 15) is 16.8 Å². The van der Waals surface area contributed by atoms with Crippen molar-refractivity contribution in [2.45, 2.75) is 78.0 Å². The lowest BCUT2D eigenvalue weighted by Crippen LogP contribution is -2.21. The van der Waals surface area contributed by atoms with Gasteiger partial charge in [0.25, 0.3) is 0 Å². The Bertz CT molecular complexity index is 3320. The summed E-state index contributed by atoms with van der Waals surface area (Å²) in [5, 5.41) is 3.47. The number of rotatable bonds is 20. The Labute approximate surface area is 424 Å². The molecule has 0 amide bonds. The number of hydrogen-bond acceptors (Lipinski definition) is 10. The third-order valence-electron chi connectivity index (χ3n) is 13.1. The van der Waals surface area contributed by atoms with Crippen LogP contribution < -0.4 is 30.0 Å². The lowest BCUT2D eigenvalue weighted by molar-refractivity contribution is 0.414. The summed E-state index contributed by atoms with van der Waals surface area (Å²) in [6, 6.07) is 56.0. The Morgan fingerprint density at radius 1 is 0.444 bits per heavy atom. The van der Waals surface area contributed by atoms with Crippen LogP contribution in [0.25, 0.3) is 0 Å². The first-order valence-electron chi connectivity index (χ1n) is 23.8. The minimum atomic E-state index is -3.82. The van der Waals surface area contributed by atoms with Gasteiger partial charge < -0.3 is 30.0 Å². The predicted molar refractivity (Wildman–Crippen MR) is 284 cm³/mol. The number of aryl methyl sites for hydroxylation is 1. The average molecular weight is 1000 g/mol. The van der Waals surface area contributed by atoms with E-state index in [0.717, 1.165) is 52.1 Å². The Hall–Kier alpha value is -7.22. The van der Waals surface area contributed by atoms with Crippen LogP contribution in [0, 0.1) is 6.92 Å². The minimum Gasteiger partial charge on any atom is -0.497 e. The van der Waals surface area contributed by atoms with Crippen molar-refractivity contribution < 1.29 is 35.8 Å². The zero-order valence-corrected chi connectivity index (χ0v) is 43.0. The molecule has 0 saturated carbocycles. The monoisotopic (exact) mass is 1000 g/mol. The molecule has 8 aromatic rings. The van der Waals surface area contributed by atoms with E-state index in [1.165, 1.54) is 0 Å². The largest absolute Gasteiger partial charge is 0.497 e. The van der Waals surface area contributed by atoms with Crippen molar-refractivity contribution in [1.29, 1.82) is 0 Å². The highest BCUT2D eigenvalue weighted by atomic mass is 32.2. The molecule has 0 atom stereocenters. The van der Waals surface area contributed by atoms with E-state index >= 15 is 0 Å². The molecule has 10 nitrogen and oxygen atoms in total. The average Bonchev–Trinajstić information content (AvgIpc) is 3.39. The highest BCUT2D eigenvalue weighted by molar-refractivity contribution is 7.91. The van der Waals surface area contributed by atoms with Gasteiger partial charge >= 0.3 is 0 Å². The Balaban J connectivity index is 0.896. The van der Waals surface area contributed by atoms with Crippen LogP contribution >= 0.6 is 0 Å². The normalized spacial score (nSPS) is 12.0. The highest BCUT2D eigenvalue weighted by Gasteiger charge is 2.26. The van der Waals surface area contributed by atoms with Crippen LogP contribution in [0.3, 0.4) is 0 Å². The molecule has 0 spiro atoms. The first kappa shape index (κ1) is 51.1. The lowest BCUT2D eigenvalue weighted by atomic mass is 9.77. The van der Waals surface area contributed by atoms with E-state index in [-0.39, 0.29) is 25.0 Å². The molecule has 0 saturated heterocycles. The summed E-state index contributed by atoms with van der Waals surface area (Å²) in [5.74, 6) is 4.23. The highest BCUT2D eigenvalue weighted by Crippen LogP contribution is 2.38. The fourth-order valence-corrected chi connectivity index (χ4v) is 10.8. The number of benzene rings is 8. The van der Waals surface area contributed by atoms with Gasteiger partial charge in [0.2, 0.25) is 19.7 Å². The molecule has 370 valence electrons. The second kappa shape index (κ2) is 21.6. The van der Waals surface area contributed by atoms with Crippen molar-refractivity contribution in [3.63, 3.8) is 0 Å². The maximum absolute atomic E-state index is 13.7. The molecule has 0 bridgehead atoms. The van der Waals surface area contributed by atoms with Crippen molar-refractivity contribution in [2.75, 3.05) is 20.2 Å². The van der Waals surface area contributed by atoms with Gasteiger partial charge in [-0.1, -0.05) is 87.9 Å². The summed E-state index contributed by atoms with van der Waals surface area (Å²) in [6.07, 6.45) is 0.825. The number of hydrogen-bond donors (Lipinski definition) is 2. The van der Waals surface area contributed by atoms with Crippen LogP contribution in [0.15, 0.2) is 208 Å². The summed E-state index contributed by atoms with van der Waals surface area (Å²) < 4.78 is 77.9. The van der Waals surface area contributed by atoms with Crippen LogP contribution in [0.5, 0.6) is 40.2 Å². The predicted octanol–water partition coefficient (Wildman–Crippen LogP) is 13.1. The van der Waals surface area contributed by atoms with Crippen molar-refractivity contribution >= 4 is 19.7 Å². The summed E-state index contributed by atoms with van der Waals surface area (Å²) in [5.41, 5.74) is 11.4. The molecule has 0 radical (unpaired) electrons. The van der Waals surface area contributed by atoms with E-state index in [1.807, 2.05) is 79.7 Å². The van der Waals surface area contributed by atoms with Gasteiger partial charge in [0.15, 0.2) is 0 Å².